The van der Waals surface area contributed by atoms with Gasteiger partial charge in [-0.15, -0.1) is 0 Å². The molecule has 152 valence electrons. The van der Waals surface area contributed by atoms with Crippen molar-refractivity contribution in [2.45, 2.75) is 38.5 Å². The summed E-state index contributed by atoms with van der Waals surface area (Å²) in [5.41, 5.74) is 0.692. The lowest BCUT2D eigenvalue weighted by molar-refractivity contribution is -0.137. The van der Waals surface area contributed by atoms with Crippen LogP contribution in [0.3, 0.4) is 0 Å². The summed E-state index contributed by atoms with van der Waals surface area (Å²) in [6.45, 7) is 3.89. The van der Waals surface area contributed by atoms with E-state index >= 15 is 0 Å². The maximum absolute atomic E-state index is 13.1. The normalized spacial score (nSPS) is 17.1. The molecule has 0 amide bonds. The average Bonchev–Trinajstić information content (AvgIpc) is 2.68. The molecule has 2 rings (SSSR count). The van der Waals surface area contributed by atoms with E-state index in [1.54, 1.807) is 0 Å². The zero-order chi connectivity index (χ0) is 20.4. The third-order valence-corrected chi connectivity index (χ3v) is 4.31. The molecule has 1 aliphatic rings. The second-order valence-electron chi connectivity index (χ2n) is 6.42. The van der Waals surface area contributed by atoms with Crippen LogP contribution in [0.1, 0.15) is 42.9 Å². The fraction of sp³-hybridized carbons (Fsp3) is 0.409. The molecular formula is C22H25F3O3. The summed E-state index contributed by atoms with van der Waals surface area (Å²) in [5, 5.41) is 0. The fourth-order valence-electron chi connectivity index (χ4n) is 2.83. The van der Waals surface area contributed by atoms with E-state index in [0.717, 1.165) is 37.2 Å². The molecule has 1 aromatic rings. The summed E-state index contributed by atoms with van der Waals surface area (Å²) in [5.74, 6) is 0. The zero-order valence-corrected chi connectivity index (χ0v) is 15.9. The Hall–Kier alpha value is -2.18. The summed E-state index contributed by atoms with van der Waals surface area (Å²) < 4.78 is 50.6. The Bertz CT molecular complexity index is 733. The molecular weight excluding hydrogens is 369 g/mol. The van der Waals surface area contributed by atoms with Crippen LogP contribution in [-0.2, 0) is 20.4 Å². The van der Waals surface area contributed by atoms with Crippen molar-refractivity contribution in [2.75, 3.05) is 19.8 Å². The molecule has 1 unspecified atom stereocenters. The molecule has 28 heavy (non-hydrogen) atoms. The van der Waals surface area contributed by atoms with E-state index in [2.05, 4.69) is 6.92 Å². The van der Waals surface area contributed by atoms with Gasteiger partial charge in [-0.05, 0) is 47.8 Å². The number of rotatable bonds is 10. The molecule has 0 heterocycles. The van der Waals surface area contributed by atoms with Crippen molar-refractivity contribution in [2.24, 2.45) is 0 Å². The smallest absolute Gasteiger partial charge is 0.379 e. The second-order valence-corrected chi connectivity index (χ2v) is 6.42. The van der Waals surface area contributed by atoms with Crippen LogP contribution >= 0.6 is 0 Å². The van der Waals surface area contributed by atoms with Gasteiger partial charge in [0.2, 0.25) is 0 Å². The Labute approximate surface area is 163 Å². The molecule has 0 aromatic heterocycles. The van der Waals surface area contributed by atoms with Crippen molar-refractivity contribution >= 4 is 17.9 Å². The van der Waals surface area contributed by atoms with E-state index in [1.165, 1.54) is 18.2 Å². The van der Waals surface area contributed by atoms with Gasteiger partial charge in [0.1, 0.15) is 6.29 Å². The van der Waals surface area contributed by atoms with Crippen molar-refractivity contribution in [1.82, 2.24) is 0 Å². The fourth-order valence-corrected chi connectivity index (χ4v) is 2.83. The molecule has 1 atom stereocenters. The second kappa shape index (κ2) is 11.0. The van der Waals surface area contributed by atoms with E-state index in [1.807, 2.05) is 18.2 Å². The molecule has 0 saturated carbocycles. The lowest BCUT2D eigenvalue weighted by Gasteiger charge is -2.18. The van der Waals surface area contributed by atoms with Gasteiger partial charge in [-0.3, -0.25) is 4.79 Å². The molecule has 0 N–H and O–H groups in total. The van der Waals surface area contributed by atoms with E-state index in [0.29, 0.717) is 31.5 Å². The number of aldehydes is 1. The summed E-state index contributed by atoms with van der Waals surface area (Å²) >= 11 is 0. The van der Waals surface area contributed by atoms with Crippen molar-refractivity contribution < 1.29 is 27.4 Å². The SMILES string of the molecule is CCCCOCCOC1C=CC(c2ccc(C(F)(F)F)c(/C=C/C=O)c2)=CC1. The zero-order valence-electron chi connectivity index (χ0n) is 15.9. The minimum atomic E-state index is -4.48. The predicted molar refractivity (Wildman–Crippen MR) is 104 cm³/mol. The lowest BCUT2D eigenvalue weighted by Crippen LogP contribution is -2.15. The molecule has 0 saturated heterocycles. The standard InChI is InChI=1S/C22H25F3O3/c1-2-3-13-27-14-15-28-20-9-6-17(7-10-20)18-8-11-21(22(23,24)25)19(16-18)5-4-12-26/h4-9,11-12,16,20H,2-3,10,13-15H2,1H3/b5-4+. The number of halogens is 3. The van der Waals surface area contributed by atoms with Crippen LogP contribution < -0.4 is 0 Å². The van der Waals surface area contributed by atoms with E-state index in [4.69, 9.17) is 9.47 Å². The summed E-state index contributed by atoms with van der Waals surface area (Å²) in [6, 6.07) is 3.94. The van der Waals surface area contributed by atoms with Gasteiger partial charge in [0, 0.05) is 6.61 Å². The topological polar surface area (TPSA) is 35.5 Å². The minimum Gasteiger partial charge on any atom is -0.379 e. The highest BCUT2D eigenvalue weighted by Crippen LogP contribution is 2.35. The third-order valence-electron chi connectivity index (χ3n) is 4.31. The average molecular weight is 394 g/mol. The van der Waals surface area contributed by atoms with Gasteiger partial charge in [0.25, 0.3) is 0 Å². The van der Waals surface area contributed by atoms with Crippen LogP contribution in [0.15, 0.2) is 42.5 Å². The quantitative estimate of drug-likeness (QED) is 0.300. The van der Waals surface area contributed by atoms with Gasteiger partial charge < -0.3 is 9.47 Å². The first-order valence-corrected chi connectivity index (χ1v) is 9.37. The highest BCUT2D eigenvalue weighted by molar-refractivity contribution is 5.79. The van der Waals surface area contributed by atoms with E-state index < -0.39 is 11.7 Å². The monoisotopic (exact) mass is 394 g/mol. The third kappa shape index (κ3) is 6.77. The van der Waals surface area contributed by atoms with Crippen molar-refractivity contribution in [3.05, 3.63) is 59.2 Å². The van der Waals surface area contributed by atoms with E-state index in [9.17, 15) is 18.0 Å². The van der Waals surface area contributed by atoms with Gasteiger partial charge in [0.15, 0.2) is 0 Å². The van der Waals surface area contributed by atoms with Gasteiger partial charge in [-0.25, -0.2) is 0 Å². The molecule has 3 nitrogen and oxygen atoms in total. The molecule has 0 aliphatic heterocycles. The predicted octanol–water partition coefficient (Wildman–Crippen LogP) is 5.46. The van der Waals surface area contributed by atoms with Gasteiger partial charge in [-0.2, -0.15) is 13.2 Å². The molecule has 0 fully saturated rings. The number of carbonyl (C=O) groups excluding carboxylic acids is 1. The van der Waals surface area contributed by atoms with Gasteiger partial charge in [-0.1, -0.05) is 43.7 Å². The molecule has 6 heteroatoms. The lowest BCUT2D eigenvalue weighted by atomic mass is 9.94. The highest BCUT2D eigenvalue weighted by atomic mass is 19.4. The number of benzene rings is 1. The largest absolute Gasteiger partial charge is 0.416 e. The minimum absolute atomic E-state index is 0.0333. The van der Waals surface area contributed by atoms with Crippen LogP contribution in [0, 0.1) is 0 Å². The number of carbonyl (C=O) groups is 1. The summed E-state index contributed by atoms with van der Waals surface area (Å²) in [7, 11) is 0. The molecule has 0 radical (unpaired) electrons. The Balaban J connectivity index is 1.99. The number of allylic oxidation sites excluding steroid dienone is 3. The molecule has 0 spiro atoms. The van der Waals surface area contributed by atoms with E-state index in [-0.39, 0.29) is 11.7 Å². The number of ether oxygens (including phenoxy) is 2. The summed E-state index contributed by atoms with van der Waals surface area (Å²) in [4.78, 5) is 10.5. The number of unbranched alkanes of at least 4 members (excludes halogenated alkanes) is 1. The van der Waals surface area contributed by atoms with Crippen LogP contribution in [0.25, 0.3) is 11.6 Å². The van der Waals surface area contributed by atoms with Crippen LogP contribution in [-0.4, -0.2) is 32.2 Å². The first kappa shape index (κ1) is 22.1. The van der Waals surface area contributed by atoms with Crippen molar-refractivity contribution in [3.8, 4) is 0 Å². The molecule has 1 aromatic carbocycles. The number of hydrogen-bond acceptors (Lipinski definition) is 3. The maximum atomic E-state index is 13.1. The summed E-state index contributed by atoms with van der Waals surface area (Å²) in [6.07, 6.45) is 6.62. The Morgan fingerprint density at radius 1 is 1.21 bits per heavy atom. The first-order valence-electron chi connectivity index (χ1n) is 9.37. The number of alkyl halides is 3. The van der Waals surface area contributed by atoms with Gasteiger partial charge >= 0.3 is 6.18 Å². The van der Waals surface area contributed by atoms with Crippen molar-refractivity contribution in [3.63, 3.8) is 0 Å². The van der Waals surface area contributed by atoms with Crippen LogP contribution in [0.4, 0.5) is 13.2 Å². The van der Waals surface area contributed by atoms with Crippen LogP contribution in [0.2, 0.25) is 0 Å². The molecule has 0 bridgehead atoms. The Morgan fingerprint density at radius 3 is 2.68 bits per heavy atom. The number of hydrogen-bond donors (Lipinski definition) is 0. The Morgan fingerprint density at radius 2 is 2.04 bits per heavy atom. The highest BCUT2D eigenvalue weighted by Gasteiger charge is 2.32. The van der Waals surface area contributed by atoms with Gasteiger partial charge in [0.05, 0.1) is 24.9 Å². The van der Waals surface area contributed by atoms with Crippen molar-refractivity contribution in [1.29, 1.82) is 0 Å². The van der Waals surface area contributed by atoms with Crippen LogP contribution in [0.5, 0.6) is 0 Å². The first-order chi connectivity index (χ1) is 13.5. The molecule has 1 aliphatic carbocycles. The Kier molecular flexibility index (Phi) is 8.67. The maximum Gasteiger partial charge on any atom is 0.416 e.